The monoisotopic (exact) mass is 268 g/mol. The summed E-state index contributed by atoms with van der Waals surface area (Å²) < 4.78 is 0. The van der Waals surface area contributed by atoms with Gasteiger partial charge in [-0.25, -0.2) is 0 Å². The zero-order chi connectivity index (χ0) is 13.5. The summed E-state index contributed by atoms with van der Waals surface area (Å²) in [5, 5.41) is 14.1. The molecule has 1 atom stereocenters. The first-order valence-electron chi connectivity index (χ1n) is 6.14. The first kappa shape index (κ1) is 14.8. The van der Waals surface area contributed by atoms with Crippen molar-refractivity contribution in [2.24, 2.45) is 0 Å². The Hall–Kier alpha value is -1.23. The Balaban J connectivity index is 2.57. The third-order valence-electron chi connectivity index (χ3n) is 2.71. The third-order valence-corrected chi connectivity index (χ3v) is 3.64. The number of anilines is 1. The first-order chi connectivity index (χ1) is 8.54. The van der Waals surface area contributed by atoms with Crippen molar-refractivity contribution >= 4 is 23.1 Å². The number of nitro benzene ring substituents is 1. The van der Waals surface area contributed by atoms with Gasteiger partial charge in [-0.05, 0) is 43.9 Å². The molecule has 100 valence electrons. The second-order valence-electron chi connectivity index (χ2n) is 4.29. The molecule has 0 fully saturated rings. The minimum absolute atomic E-state index is 0.176. The highest BCUT2D eigenvalue weighted by Gasteiger charge is 2.10. The molecule has 0 amide bonds. The fourth-order valence-corrected chi connectivity index (χ4v) is 2.52. The predicted molar refractivity (Wildman–Crippen MR) is 78.5 cm³/mol. The third kappa shape index (κ3) is 4.56. The van der Waals surface area contributed by atoms with E-state index >= 15 is 0 Å². The van der Waals surface area contributed by atoms with Crippen molar-refractivity contribution in [2.45, 2.75) is 33.2 Å². The molecule has 0 aliphatic carbocycles. The molecule has 1 aromatic rings. The Morgan fingerprint density at radius 1 is 1.50 bits per heavy atom. The van der Waals surface area contributed by atoms with Crippen LogP contribution >= 0.6 is 11.8 Å². The Kier molecular flexibility index (Phi) is 5.98. The van der Waals surface area contributed by atoms with Crippen LogP contribution in [0.3, 0.4) is 0 Å². The van der Waals surface area contributed by atoms with Gasteiger partial charge in [-0.15, -0.1) is 0 Å². The summed E-state index contributed by atoms with van der Waals surface area (Å²) >= 11 is 1.93. The van der Waals surface area contributed by atoms with Crippen LogP contribution in [0.4, 0.5) is 11.4 Å². The SMILES string of the molecule is CCSCCC(C)Nc1ccc([N+](=O)[O-])c(C)c1. The van der Waals surface area contributed by atoms with Crippen molar-refractivity contribution in [1.29, 1.82) is 0 Å². The molecule has 0 bridgehead atoms. The average Bonchev–Trinajstić information content (AvgIpc) is 2.28. The van der Waals surface area contributed by atoms with Gasteiger partial charge in [0.15, 0.2) is 0 Å². The molecule has 1 unspecified atom stereocenters. The van der Waals surface area contributed by atoms with E-state index in [1.165, 1.54) is 0 Å². The van der Waals surface area contributed by atoms with Crippen molar-refractivity contribution in [3.05, 3.63) is 33.9 Å². The fourth-order valence-electron chi connectivity index (χ4n) is 1.71. The molecule has 1 aromatic carbocycles. The molecule has 0 saturated carbocycles. The van der Waals surface area contributed by atoms with Crippen LogP contribution < -0.4 is 5.32 Å². The molecular weight excluding hydrogens is 248 g/mol. The molecule has 0 spiro atoms. The minimum Gasteiger partial charge on any atom is -0.383 e. The second kappa shape index (κ2) is 7.26. The van der Waals surface area contributed by atoms with Gasteiger partial charge < -0.3 is 5.32 Å². The predicted octanol–water partition coefficient (Wildman–Crippen LogP) is 3.85. The molecule has 0 saturated heterocycles. The maximum atomic E-state index is 10.7. The van der Waals surface area contributed by atoms with Crippen LogP contribution in [0, 0.1) is 17.0 Å². The van der Waals surface area contributed by atoms with Crippen LogP contribution in [-0.4, -0.2) is 22.5 Å². The van der Waals surface area contributed by atoms with Crippen LogP contribution in [-0.2, 0) is 0 Å². The lowest BCUT2D eigenvalue weighted by atomic mass is 10.1. The Morgan fingerprint density at radius 3 is 2.78 bits per heavy atom. The lowest BCUT2D eigenvalue weighted by Gasteiger charge is -2.15. The number of thioether (sulfide) groups is 1. The summed E-state index contributed by atoms with van der Waals surface area (Å²) in [5.74, 6) is 2.28. The van der Waals surface area contributed by atoms with E-state index in [9.17, 15) is 10.1 Å². The molecule has 0 aromatic heterocycles. The van der Waals surface area contributed by atoms with E-state index in [0.29, 0.717) is 11.6 Å². The topological polar surface area (TPSA) is 55.2 Å². The van der Waals surface area contributed by atoms with Gasteiger partial charge in [0.1, 0.15) is 0 Å². The summed E-state index contributed by atoms with van der Waals surface area (Å²) in [6, 6.07) is 5.55. The Labute approximate surface area is 112 Å². The fraction of sp³-hybridized carbons (Fsp3) is 0.538. The molecule has 4 nitrogen and oxygen atoms in total. The largest absolute Gasteiger partial charge is 0.383 e. The highest BCUT2D eigenvalue weighted by atomic mass is 32.2. The highest BCUT2D eigenvalue weighted by molar-refractivity contribution is 7.99. The first-order valence-corrected chi connectivity index (χ1v) is 7.29. The smallest absolute Gasteiger partial charge is 0.272 e. The summed E-state index contributed by atoms with van der Waals surface area (Å²) in [6.07, 6.45) is 1.09. The lowest BCUT2D eigenvalue weighted by molar-refractivity contribution is -0.385. The summed E-state index contributed by atoms with van der Waals surface area (Å²) in [4.78, 5) is 10.4. The van der Waals surface area contributed by atoms with E-state index < -0.39 is 0 Å². The lowest BCUT2D eigenvalue weighted by Crippen LogP contribution is -2.16. The van der Waals surface area contributed by atoms with Gasteiger partial charge >= 0.3 is 0 Å². The number of nitrogens with one attached hydrogen (secondary N) is 1. The van der Waals surface area contributed by atoms with Crippen molar-refractivity contribution in [2.75, 3.05) is 16.8 Å². The summed E-state index contributed by atoms with van der Waals surface area (Å²) in [6.45, 7) is 6.05. The van der Waals surface area contributed by atoms with E-state index in [0.717, 1.165) is 23.6 Å². The minimum atomic E-state index is -0.347. The zero-order valence-electron chi connectivity index (χ0n) is 11.1. The molecule has 18 heavy (non-hydrogen) atoms. The van der Waals surface area contributed by atoms with Gasteiger partial charge in [-0.3, -0.25) is 10.1 Å². The van der Waals surface area contributed by atoms with Gasteiger partial charge in [-0.1, -0.05) is 6.92 Å². The normalized spacial score (nSPS) is 12.2. The van der Waals surface area contributed by atoms with E-state index in [-0.39, 0.29) is 10.6 Å². The summed E-state index contributed by atoms with van der Waals surface area (Å²) in [5.41, 5.74) is 1.82. The van der Waals surface area contributed by atoms with Crippen LogP contribution in [0.5, 0.6) is 0 Å². The number of nitrogens with zero attached hydrogens (tertiary/aromatic N) is 1. The number of aryl methyl sites for hydroxylation is 1. The van der Waals surface area contributed by atoms with E-state index in [1.807, 2.05) is 17.8 Å². The molecule has 0 radical (unpaired) electrons. The van der Waals surface area contributed by atoms with Gasteiger partial charge in [0.2, 0.25) is 0 Å². The van der Waals surface area contributed by atoms with Crippen LogP contribution in [0.2, 0.25) is 0 Å². The number of nitro groups is 1. The van der Waals surface area contributed by atoms with Crippen molar-refractivity contribution < 1.29 is 4.92 Å². The van der Waals surface area contributed by atoms with Gasteiger partial charge in [0, 0.05) is 23.4 Å². The van der Waals surface area contributed by atoms with Crippen LogP contribution in [0.15, 0.2) is 18.2 Å². The zero-order valence-corrected chi connectivity index (χ0v) is 11.9. The van der Waals surface area contributed by atoms with Crippen LogP contribution in [0.1, 0.15) is 25.8 Å². The van der Waals surface area contributed by atoms with E-state index in [1.54, 1.807) is 19.1 Å². The number of hydrogen-bond acceptors (Lipinski definition) is 4. The molecule has 0 aliphatic rings. The summed E-state index contributed by atoms with van der Waals surface area (Å²) in [7, 11) is 0. The van der Waals surface area contributed by atoms with E-state index in [2.05, 4.69) is 19.2 Å². The Bertz CT molecular complexity index is 410. The van der Waals surface area contributed by atoms with Crippen molar-refractivity contribution in [3.63, 3.8) is 0 Å². The molecular formula is C13H20N2O2S. The molecule has 0 aliphatic heterocycles. The van der Waals surface area contributed by atoms with Crippen LogP contribution in [0.25, 0.3) is 0 Å². The number of benzene rings is 1. The average molecular weight is 268 g/mol. The van der Waals surface area contributed by atoms with Crippen molar-refractivity contribution in [3.8, 4) is 0 Å². The standard InChI is InChI=1S/C13H20N2O2S/c1-4-18-8-7-11(3)14-12-5-6-13(15(16)17)10(2)9-12/h5-6,9,11,14H,4,7-8H2,1-3H3. The van der Waals surface area contributed by atoms with Gasteiger partial charge in [0.25, 0.3) is 5.69 Å². The number of rotatable bonds is 7. The molecule has 1 N–H and O–H groups in total. The maximum absolute atomic E-state index is 10.7. The molecule has 5 heteroatoms. The van der Waals surface area contributed by atoms with Gasteiger partial charge in [0.05, 0.1) is 4.92 Å². The van der Waals surface area contributed by atoms with Crippen molar-refractivity contribution in [1.82, 2.24) is 0 Å². The maximum Gasteiger partial charge on any atom is 0.272 e. The second-order valence-corrected chi connectivity index (χ2v) is 5.68. The van der Waals surface area contributed by atoms with Gasteiger partial charge in [-0.2, -0.15) is 11.8 Å². The molecule has 1 rings (SSSR count). The Morgan fingerprint density at radius 2 is 2.22 bits per heavy atom. The number of hydrogen-bond donors (Lipinski definition) is 1. The van der Waals surface area contributed by atoms with E-state index in [4.69, 9.17) is 0 Å². The quantitative estimate of drug-likeness (QED) is 0.463. The molecule has 0 heterocycles. The highest BCUT2D eigenvalue weighted by Crippen LogP contribution is 2.22.